The van der Waals surface area contributed by atoms with E-state index in [1.54, 1.807) is 0 Å². The van der Waals surface area contributed by atoms with Crippen molar-refractivity contribution in [2.45, 2.75) is 12.3 Å². The molecule has 0 aliphatic heterocycles. The number of benzene rings is 1. The summed E-state index contributed by atoms with van der Waals surface area (Å²) < 4.78 is 0. The lowest BCUT2D eigenvalue weighted by molar-refractivity contribution is 0.923. The molecule has 1 aliphatic carbocycles. The Morgan fingerprint density at radius 3 is 2.83 bits per heavy atom. The van der Waals surface area contributed by atoms with Gasteiger partial charge < -0.3 is 0 Å². The highest BCUT2D eigenvalue weighted by Crippen LogP contribution is 2.48. The van der Waals surface area contributed by atoms with Gasteiger partial charge in [0.15, 0.2) is 0 Å². The highest BCUT2D eigenvalue weighted by molar-refractivity contribution is 6.30. The largest absolute Gasteiger partial charge is 0.126 e. The number of alkyl halides is 1. The SMILES string of the molecule is ClCC1CC1c1cccc(Cl)c1. The van der Waals surface area contributed by atoms with E-state index in [0.29, 0.717) is 11.8 Å². The second-order valence-electron chi connectivity index (χ2n) is 3.31. The van der Waals surface area contributed by atoms with Crippen molar-refractivity contribution in [3.05, 3.63) is 34.9 Å². The summed E-state index contributed by atoms with van der Waals surface area (Å²) in [5.74, 6) is 2.13. The van der Waals surface area contributed by atoms with E-state index in [0.717, 1.165) is 10.9 Å². The van der Waals surface area contributed by atoms with E-state index in [-0.39, 0.29) is 0 Å². The molecule has 2 heteroatoms. The normalized spacial score (nSPS) is 27.2. The first kappa shape index (κ1) is 8.40. The third-order valence-corrected chi connectivity index (χ3v) is 3.03. The van der Waals surface area contributed by atoms with Crippen LogP contribution in [0.4, 0.5) is 0 Å². The summed E-state index contributed by atoms with van der Waals surface area (Å²) in [6, 6.07) is 8.08. The summed E-state index contributed by atoms with van der Waals surface area (Å²) in [5.41, 5.74) is 1.34. The van der Waals surface area contributed by atoms with E-state index < -0.39 is 0 Å². The second kappa shape index (κ2) is 3.27. The quantitative estimate of drug-likeness (QED) is 0.640. The molecule has 0 saturated heterocycles. The maximum absolute atomic E-state index is 5.87. The van der Waals surface area contributed by atoms with Crippen LogP contribution in [0, 0.1) is 5.92 Å². The minimum absolute atomic E-state index is 0.668. The molecule has 0 nitrogen and oxygen atoms in total. The minimum Gasteiger partial charge on any atom is -0.126 e. The lowest BCUT2D eigenvalue weighted by Crippen LogP contribution is -1.83. The van der Waals surface area contributed by atoms with Gasteiger partial charge in [0.05, 0.1) is 0 Å². The molecule has 2 unspecified atom stereocenters. The molecule has 0 bridgehead atoms. The van der Waals surface area contributed by atoms with Gasteiger partial charge in [-0.15, -0.1) is 11.6 Å². The van der Waals surface area contributed by atoms with Gasteiger partial charge in [-0.3, -0.25) is 0 Å². The summed E-state index contributed by atoms with van der Waals surface area (Å²) >= 11 is 11.6. The predicted octanol–water partition coefficient (Wildman–Crippen LogP) is 3.68. The van der Waals surface area contributed by atoms with E-state index in [4.69, 9.17) is 23.2 Å². The Bertz CT molecular complexity index is 283. The zero-order valence-corrected chi connectivity index (χ0v) is 8.15. The van der Waals surface area contributed by atoms with Crippen LogP contribution in [0.3, 0.4) is 0 Å². The van der Waals surface area contributed by atoms with E-state index >= 15 is 0 Å². The van der Waals surface area contributed by atoms with Crippen molar-refractivity contribution in [3.63, 3.8) is 0 Å². The van der Waals surface area contributed by atoms with Crippen LogP contribution in [-0.4, -0.2) is 5.88 Å². The number of halogens is 2. The molecule has 2 rings (SSSR count). The van der Waals surface area contributed by atoms with Crippen LogP contribution in [0.25, 0.3) is 0 Å². The van der Waals surface area contributed by atoms with Gasteiger partial charge in [0, 0.05) is 10.9 Å². The van der Waals surface area contributed by atoms with Gasteiger partial charge in [-0.25, -0.2) is 0 Å². The molecule has 1 aromatic rings. The molecular formula is C10H10Cl2. The van der Waals surface area contributed by atoms with Gasteiger partial charge in [-0.05, 0) is 36.0 Å². The van der Waals surface area contributed by atoms with Crippen molar-refractivity contribution >= 4 is 23.2 Å². The van der Waals surface area contributed by atoms with Crippen LogP contribution in [-0.2, 0) is 0 Å². The molecule has 1 saturated carbocycles. The molecule has 0 spiro atoms. The van der Waals surface area contributed by atoms with E-state index in [1.807, 2.05) is 18.2 Å². The van der Waals surface area contributed by atoms with E-state index in [1.165, 1.54) is 12.0 Å². The van der Waals surface area contributed by atoms with Gasteiger partial charge in [0.25, 0.3) is 0 Å². The van der Waals surface area contributed by atoms with Crippen LogP contribution in [0.15, 0.2) is 24.3 Å². The molecule has 64 valence electrons. The Labute approximate surface area is 82.5 Å². The number of rotatable bonds is 2. The monoisotopic (exact) mass is 200 g/mol. The molecule has 0 amide bonds. The molecule has 0 N–H and O–H groups in total. The summed E-state index contributed by atoms with van der Waals surface area (Å²) in [6.45, 7) is 0. The first-order chi connectivity index (χ1) is 5.81. The zero-order chi connectivity index (χ0) is 8.55. The van der Waals surface area contributed by atoms with Gasteiger partial charge in [0.1, 0.15) is 0 Å². The van der Waals surface area contributed by atoms with Crippen LogP contribution < -0.4 is 0 Å². The van der Waals surface area contributed by atoms with Crippen molar-refractivity contribution in [2.75, 3.05) is 5.88 Å². The summed E-state index contributed by atoms with van der Waals surface area (Å²) in [5, 5.41) is 0.827. The van der Waals surface area contributed by atoms with Crippen molar-refractivity contribution < 1.29 is 0 Å². The van der Waals surface area contributed by atoms with Gasteiger partial charge in [-0.1, -0.05) is 23.7 Å². The standard InChI is InChI=1S/C10H10Cl2/c11-6-8-5-10(8)7-2-1-3-9(12)4-7/h1-4,8,10H,5-6H2. The van der Waals surface area contributed by atoms with Crippen LogP contribution in [0.2, 0.25) is 5.02 Å². The molecule has 12 heavy (non-hydrogen) atoms. The average Bonchev–Trinajstić information content (AvgIpc) is 2.83. The fraction of sp³-hybridized carbons (Fsp3) is 0.400. The molecular weight excluding hydrogens is 191 g/mol. The van der Waals surface area contributed by atoms with Crippen molar-refractivity contribution in [1.29, 1.82) is 0 Å². The van der Waals surface area contributed by atoms with Gasteiger partial charge >= 0.3 is 0 Å². The Kier molecular flexibility index (Phi) is 2.29. The molecule has 0 radical (unpaired) electrons. The second-order valence-corrected chi connectivity index (χ2v) is 4.06. The Balaban J connectivity index is 2.14. The molecule has 1 aliphatic rings. The first-order valence-electron chi connectivity index (χ1n) is 4.12. The minimum atomic E-state index is 0.668. The Morgan fingerprint density at radius 1 is 1.42 bits per heavy atom. The third-order valence-electron chi connectivity index (χ3n) is 2.40. The van der Waals surface area contributed by atoms with Crippen molar-refractivity contribution in [3.8, 4) is 0 Å². The maximum atomic E-state index is 5.87. The maximum Gasteiger partial charge on any atom is 0.0408 e. The third kappa shape index (κ3) is 1.60. The fourth-order valence-electron chi connectivity index (χ4n) is 1.56. The van der Waals surface area contributed by atoms with Crippen LogP contribution in [0.5, 0.6) is 0 Å². The van der Waals surface area contributed by atoms with Gasteiger partial charge in [-0.2, -0.15) is 0 Å². The Morgan fingerprint density at radius 2 is 2.25 bits per heavy atom. The molecule has 1 fully saturated rings. The lowest BCUT2D eigenvalue weighted by Gasteiger charge is -1.98. The van der Waals surface area contributed by atoms with Gasteiger partial charge in [0.2, 0.25) is 0 Å². The van der Waals surface area contributed by atoms with Crippen LogP contribution in [0.1, 0.15) is 17.9 Å². The van der Waals surface area contributed by atoms with Crippen molar-refractivity contribution in [1.82, 2.24) is 0 Å². The molecule has 0 heterocycles. The summed E-state index contributed by atoms with van der Waals surface area (Å²) in [6.07, 6.45) is 1.23. The molecule has 0 aromatic heterocycles. The van der Waals surface area contributed by atoms with Crippen molar-refractivity contribution in [2.24, 2.45) is 5.92 Å². The summed E-state index contributed by atoms with van der Waals surface area (Å²) in [4.78, 5) is 0. The Hall–Kier alpha value is -0.200. The summed E-state index contributed by atoms with van der Waals surface area (Å²) in [7, 11) is 0. The lowest BCUT2D eigenvalue weighted by atomic mass is 10.1. The smallest absolute Gasteiger partial charge is 0.0408 e. The first-order valence-corrected chi connectivity index (χ1v) is 5.04. The number of hydrogen-bond donors (Lipinski definition) is 0. The highest BCUT2D eigenvalue weighted by Gasteiger charge is 2.37. The van der Waals surface area contributed by atoms with E-state index in [9.17, 15) is 0 Å². The number of hydrogen-bond acceptors (Lipinski definition) is 0. The topological polar surface area (TPSA) is 0 Å². The predicted molar refractivity (Wildman–Crippen MR) is 53.0 cm³/mol. The van der Waals surface area contributed by atoms with Crippen LogP contribution >= 0.6 is 23.2 Å². The molecule has 1 aromatic carbocycles. The highest BCUT2D eigenvalue weighted by atomic mass is 35.5. The fourth-order valence-corrected chi connectivity index (χ4v) is 2.10. The average molecular weight is 201 g/mol. The zero-order valence-electron chi connectivity index (χ0n) is 6.63. The molecule has 2 atom stereocenters. The van der Waals surface area contributed by atoms with E-state index in [2.05, 4.69) is 6.07 Å².